The van der Waals surface area contributed by atoms with E-state index in [0.717, 1.165) is 10.8 Å². The van der Waals surface area contributed by atoms with Gasteiger partial charge in [0.05, 0.1) is 6.61 Å². The number of rotatable bonds is 4. The first kappa shape index (κ1) is 9.77. The molecule has 0 aromatic carbocycles. The van der Waals surface area contributed by atoms with Crippen LogP contribution in [0.2, 0.25) is 5.15 Å². The van der Waals surface area contributed by atoms with Gasteiger partial charge in [0, 0.05) is 18.9 Å². The molecule has 3 nitrogen and oxygen atoms in total. The van der Waals surface area contributed by atoms with Crippen molar-refractivity contribution in [1.82, 2.24) is 9.97 Å². The Hall–Kier alpha value is -0.320. The van der Waals surface area contributed by atoms with Crippen LogP contribution in [0.3, 0.4) is 0 Å². The first-order valence-electron chi connectivity index (χ1n) is 3.42. The minimum atomic E-state index is 0.477. The molecule has 66 valence electrons. The maximum atomic E-state index is 5.66. The van der Waals surface area contributed by atoms with Gasteiger partial charge in [0.15, 0.2) is 0 Å². The molecule has 0 aliphatic heterocycles. The Kier molecular flexibility index (Phi) is 4.35. The lowest BCUT2D eigenvalue weighted by Crippen LogP contribution is -1.92. The highest BCUT2D eigenvalue weighted by atomic mass is 35.5. The predicted molar refractivity (Wildman–Crippen MR) is 49.6 cm³/mol. The summed E-state index contributed by atoms with van der Waals surface area (Å²) in [5.41, 5.74) is 0. The van der Waals surface area contributed by atoms with E-state index in [9.17, 15) is 0 Å². The van der Waals surface area contributed by atoms with Crippen LogP contribution in [-0.2, 0) is 4.74 Å². The van der Waals surface area contributed by atoms with E-state index >= 15 is 0 Å². The second-order valence-electron chi connectivity index (χ2n) is 2.02. The topological polar surface area (TPSA) is 35.0 Å². The molecule has 0 amide bonds. The first-order valence-corrected chi connectivity index (χ1v) is 4.78. The van der Waals surface area contributed by atoms with Crippen LogP contribution in [0.5, 0.6) is 0 Å². The molecule has 1 aromatic heterocycles. The van der Waals surface area contributed by atoms with Crippen molar-refractivity contribution in [1.29, 1.82) is 0 Å². The van der Waals surface area contributed by atoms with Crippen molar-refractivity contribution in [2.75, 3.05) is 19.5 Å². The van der Waals surface area contributed by atoms with Gasteiger partial charge in [0.1, 0.15) is 16.5 Å². The molecule has 0 aliphatic carbocycles. The van der Waals surface area contributed by atoms with Crippen LogP contribution in [0.1, 0.15) is 0 Å². The van der Waals surface area contributed by atoms with E-state index in [1.54, 1.807) is 24.9 Å². The van der Waals surface area contributed by atoms with Crippen molar-refractivity contribution in [2.24, 2.45) is 0 Å². The molecule has 0 saturated carbocycles. The normalized spacial score (nSPS) is 10.2. The fourth-order valence-corrected chi connectivity index (χ4v) is 1.61. The largest absolute Gasteiger partial charge is 0.384 e. The van der Waals surface area contributed by atoms with Crippen LogP contribution in [0.4, 0.5) is 0 Å². The number of hydrogen-bond donors (Lipinski definition) is 0. The summed E-state index contributed by atoms with van der Waals surface area (Å²) in [4.78, 5) is 7.80. The summed E-state index contributed by atoms with van der Waals surface area (Å²) in [5.74, 6) is 0.879. The predicted octanol–water partition coefficient (Wildman–Crippen LogP) is 1.87. The van der Waals surface area contributed by atoms with Gasteiger partial charge in [-0.15, -0.1) is 11.8 Å². The SMILES string of the molecule is COCCSc1cc(Cl)ncn1. The van der Waals surface area contributed by atoms with Gasteiger partial charge >= 0.3 is 0 Å². The first-order chi connectivity index (χ1) is 5.83. The molecular formula is C7H9ClN2OS. The molecule has 12 heavy (non-hydrogen) atoms. The Morgan fingerprint density at radius 2 is 2.42 bits per heavy atom. The van der Waals surface area contributed by atoms with Crippen LogP contribution in [-0.4, -0.2) is 29.4 Å². The van der Waals surface area contributed by atoms with Crippen LogP contribution in [0.25, 0.3) is 0 Å². The molecule has 1 heterocycles. The number of nitrogens with zero attached hydrogens (tertiary/aromatic N) is 2. The second kappa shape index (κ2) is 5.35. The van der Waals surface area contributed by atoms with Crippen molar-refractivity contribution < 1.29 is 4.74 Å². The number of hydrogen-bond acceptors (Lipinski definition) is 4. The van der Waals surface area contributed by atoms with Gasteiger partial charge in [-0.05, 0) is 0 Å². The zero-order valence-electron chi connectivity index (χ0n) is 6.66. The molecule has 1 rings (SSSR count). The van der Waals surface area contributed by atoms with E-state index in [4.69, 9.17) is 16.3 Å². The van der Waals surface area contributed by atoms with Gasteiger partial charge in [-0.1, -0.05) is 11.6 Å². The standard InChI is InChI=1S/C7H9ClN2OS/c1-11-2-3-12-7-4-6(8)9-5-10-7/h4-5H,2-3H2,1H3. The van der Waals surface area contributed by atoms with Gasteiger partial charge in [-0.2, -0.15) is 0 Å². The van der Waals surface area contributed by atoms with Gasteiger partial charge in [-0.25, -0.2) is 9.97 Å². The van der Waals surface area contributed by atoms with E-state index in [1.807, 2.05) is 0 Å². The Labute approximate surface area is 80.5 Å². The van der Waals surface area contributed by atoms with Crippen molar-refractivity contribution in [2.45, 2.75) is 5.03 Å². The molecule has 0 saturated heterocycles. The number of ether oxygens (including phenoxy) is 1. The molecule has 0 bridgehead atoms. The third-order valence-corrected chi connectivity index (χ3v) is 2.24. The van der Waals surface area contributed by atoms with E-state index in [-0.39, 0.29) is 0 Å². The second-order valence-corrected chi connectivity index (χ2v) is 3.52. The lowest BCUT2D eigenvalue weighted by Gasteiger charge is -1.98. The fourth-order valence-electron chi connectivity index (χ4n) is 0.626. The van der Waals surface area contributed by atoms with E-state index in [2.05, 4.69) is 9.97 Å². The van der Waals surface area contributed by atoms with Crippen LogP contribution < -0.4 is 0 Å². The molecule has 0 spiro atoms. The Bertz CT molecular complexity index is 247. The smallest absolute Gasteiger partial charge is 0.133 e. The Morgan fingerprint density at radius 1 is 1.58 bits per heavy atom. The summed E-state index contributed by atoms with van der Waals surface area (Å²) in [7, 11) is 1.67. The monoisotopic (exact) mass is 204 g/mol. The lowest BCUT2D eigenvalue weighted by atomic mass is 10.7. The summed E-state index contributed by atoms with van der Waals surface area (Å²) in [5, 5.41) is 1.36. The minimum absolute atomic E-state index is 0.477. The third kappa shape index (κ3) is 3.38. The van der Waals surface area contributed by atoms with Gasteiger partial charge in [-0.3, -0.25) is 0 Å². The van der Waals surface area contributed by atoms with Crippen LogP contribution >= 0.6 is 23.4 Å². The van der Waals surface area contributed by atoms with Gasteiger partial charge in [0.25, 0.3) is 0 Å². The van der Waals surface area contributed by atoms with Gasteiger partial charge < -0.3 is 4.74 Å². The average Bonchev–Trinajstić information content (AvgIpc) is 2.05. The van der Waals surface area contributed by atoms with Gasteiger partial charge in [0.2, 0.25) is 0 Å². The minimum Gasteiger partial charge on any atom is -0.384 e. The number of halogens is 1. The maximum Gasteiger partial charge on any atom is 0.133 e. The summed E-state index contributed by atoms with van der Waals surface area (Å²) in [6, 6.07) is 1.74. The highest BCUT2D eigenvalue weighted by Crippen LogP contribution is 2.16. The fraction of sp³-hybridized carbons (Fsp3) is 0.429. The lowest BCUT2D eigenvalue weighted by molar-refractivity contribution is 0.218. The summed E-state index contributed by atoms with van der Waals surface area (Å²) >= 11 is 7.26. The van der Waals surface area contributed by atoms with Crippen molar-refractivity contribution in [3.05, 3.63) is 17.5 Å². The number of methoxy groups -OCH3 is 1. The summed E-state index contributed by atoms with van der Waals surface area (Å²) in [6.45, 7) is 0.715. The van der Waals surface area contributed by atoms with E-state index in [0.29, 0.717) is 11.8 Å². The Morgan fingerprint density at radius 3 is 3.08 bits per heavy atom. The van der Waals surface area contributed by atoms with E-state index < -0.39 is 0 Å². The average molecular weight is 205 g/mol. The molecule has 0 fully saturated rings. The van der Waals surface area contributed by atoms with Crippen LogP contribution in [0, 0.1) is 0 Å². The molecule has 0 aliphatic rings. The maximum absolute atomic E-state index is 5.66. The highest BCUT2D eigenvalue weighted by molar-refractivity contribution is 7.99. The van der Waals surface area contributed by atoms with E-state index in [1.165, 1.54) is 6.33 Å². The molecule has 0 N–H and O–H groups in total. The molecular weight excluding hydrogens is 196 g/mol. The van der Waals surface area contributed by atoms with Crippen LogP contribution in [0.15, 0.2) is 17.4 Å². The van der Waals surface area contributed by atoms with Crippen molar-refractivity contribution in [3.8, 4) is 0 Å². The molecule has 0 unspecified atom stereocenters. The number of aromatic nitrogens is 2. The quantitative estimate of drug-likeness (QED) is 0.426. The third-order valence-electron chi connectivity index (χ3n) is 1.15. The molecule has 5 heteroatoms. The number of thioether (sulfide) groups is 1. The highest BCUT2D eigenvalue weighted by Gasteiger charge is 1.96. The molecule has 1 aromatic rings. The van der Waals surface area contributed by atoms with Crippen molar-refractivity contribution in [3.63, 3.8) is 0 Å². The molecule has 0 atom stereocenters. The Balaban J connectivity index is 2.41. The summed E-state index contributed by atoms with van der Waals surface area (Å²) < 4.78 is 4.90. The van der Waals surface area contributed by atoms with Crippen molar-refractivity contribution >= 4 is 23.4 Å². The molecule has 0 radical (unpaired) electrons. The summed E-state index contributed by atoms with van der Waals surface area (Å²) in [6.07, 6.45) is 1.46. The zero-order valence-corrected chi connectivity index (χ0v) is 8.23. The zero-order chi connectivity index (χ0) is 8.81.